The van der Waals surface area contributed by atoms with Gasteiger partial charge in [0.1, 0.15) is 0 Å². The smallest absolute Gasteiger partial charge is 0.308 e. The van der Waals surface area contributed by atoms with Crippen molar-refractivity contribution < 1.29 is 18.8 Å². The zero-order valence-corrected chi connectivity index (χ0v) is 10.8. The molecule has 1 N–H and O–H groups in total. The SMILES string of the molecule is [B]SO[C@H](CC(=O)OC)C[C@H](O)[C@@H](C)CC. The molecule has 0 amide bonds. The Balaban J connectivity index is 4.15. The highest BCUT2D eigenvalue weighted by Crippen LogP contribution is 2.19. The van der Waals surface area contributed by atoms with Crippen molar-refractivity contribution in [3.63, 3.8) is 0 Å². The maximum Gasteiger partial charge on any atom is 0.308 e. The lowest BCUT2D eigenvalue weighted by molar-refractivity contribution is -0.142. The number of carbonyl (C=O) groups is 1. The van der Waals surface area contributed by atoms with Crippen LogP contribution in [0.5, 0.6) is 0 Å². The lowest BCUT2D eigenvalue weighted by Crippen LogP contribution is -2.26. The second kappa shape index (κ2) is 8.90. The monoisotopic (exact) mass is 246 g/mol. The summed E-state index contributed by atoms with van der Waals surface area (Å²) in [5.74, 6) is -0.193. The third kappa shape index (κ3) is 6.40. The molecule has 0 aromatic heterocycles. The molecule has 0 spiro atoms. The van der Waals surface area contributed by atoms with Gasteiger partial charge in [0.15, 0.2) is 0 Å². The van der Waals surface area contributed by atoms with Gasteiger partial charge in [0, 0.05) is 6.42 Å². The van der Waals surface area contributed by atoms with E-state index in [9.17, 15) is 9.90 Å². The molecule has 0 aliphatic heterocycles. The van der Waals surface area contributed by atoms with Gasteiger partial charge in [-0.15, -0.1) is 0 Å². The zero-order chi connectivity index (χ0) is 12.6. The maximum absolute atomic E-state index is 11.1. The number of rotatable bonds is 8. The highest BCUT2D eigenvalue weighted by molar-refractivity contribution is 8.15. The van der Waals surface area contributed by atoms with E-state index in [4.69, 9.17) is 11.3 Å². The molecule has 0 aliphatic carbocycles. The Morgan fingerprint density at radius 1 is 1.56 bits per heavy atom. The van der Waals surface area contributed by atoms with Gasteiger partial charge in [-0.1, -0.05) is 32.2 Å². The summed E-state index contributed by atoms with van der Waals surface area (Å²) < 4.78 is 9.66. The van der Waals surface area contributed by atoms with Crippen molar-refractivity contribution in [2.75, 3.05) is 7.11 Å². The number of carbonyl (C=O) groups excluding carboxylic acids is 1. The third-order valence-corrected chi connectivity index (χ3v) is 3.00. The van der Waals surface area contributed by atoms with Gasteiger partial charge in [-0.05, 0) is 5.92 Å². The Labute approximate surface area is 103 Å². The van der Waals surface area contributed by atoms with Crippen LogP contribution in [0.4, 0.5) is 0 Å². The summed E-state index contributed by atoms with van der Waals surface area (Å²) in [6, 6.07) is 0. The van der Waals surface area contributed by atoms with E-state index < -0.39 is 12.2 Å². The second-order valence-corrected chi connectivity index (χ2v) is 4.17. The van der Waals surface area contributed by atoms with Crippen molar-refractivity contribution in [1.29, 1.82) is 0 Å². The van der Waals surface area contributed by atoms with Crippen molar-refractivity contribution in [1.82, 2.24) is 0 Å². The summed E-state index contributed by atoms with van der Waals surface area (Å²) in [5.41, 5.74) is 0. The van der Waals surface area contributed by atoms with Gasteiger partial charge < -0.3 is 14.0 Å². The Kier molecular flexibility index (Phi) is 8.79. The predicted molar refractivity (Wildman–Crippen MR) is 64.9 cm³/mol. The maximum atomic E-state index is 11.1. The predicted octanol–water partition coefficient (Wildman–Crippen LogP) is 1.46. The second-order valence-electron chi connectivity index (χ2n) is 3.78. The molecule has 6 heteroatoms. The summed E-state index contributed by atoms with van der Waals surface area (Å²) in [6.07, 6.45) is 0.461. The number of methoxy groups -OCH3 is 1. The molecule has 0 saturated heterocycles. The first-order valence-corrected chi connectivity index (χ1v) is 6.12. The first-order valence-electron chi connectivity index (χ1n) is 5.32. The molecule has 0 aromatic carbocycles. The molecule has 0 aliphatic rings. The van der Waals surface area contributed by atoms with Crippen molar-refractivity contribution in [2.45, 2.75) is 45.3 Å². The summed E-state index contributed by atoms with van der Waals surface area (Å²) in [6.45, 7) is 3.96. The van der Waals surface area contributed by atoms with E-state index in [0.29, 0.717) is 18.3 Å². The Hall–Kier alpha value is -0.195. The fraction of sp³-hybridized carbons (Fsp3) is 0.900. The highest BCUT2D eigenvalue weighted by atomic mass is 32.2. The first-order chi connectivity index (χ1) is 7.54. The van der Waals surface area contributed by atoms with Crippen LogP contribution in [-0.4, -0.2) is 37.5 Å². The summed E-state index contributed by atoms with van der Waals surface area (Å²) in [4.78, 5) is 11.1. The fourth-order valence-corrected chi connectivity index (χ4v) is 1.58. The molecule has 92 valence electrons. The Bertz CT molecular complexity index is 203. The lowest BCUT2D eigenvalue weighted by atomic mass is 9.96. The minimum Gasteiger partial charge on any atom is -0.469 e. The van der Waals surface area contributed by atoms with Crippen molar-refractivity contribution in [3.05, 3.63) is 0 Å². The number of hydrogen-bond acceptors (Lipinski definition) is 5. The van der Waals surface area contributed by atoms with Gasteiger partial charge in [0.2, 0.25) is 7.12 Å². The number of aliphatic hydroxyl groups is 1. The standard InChI is InChI=1S/C10H19BO4S/c1-4-7(2)9(12)5-8(15-16-11)6-10(13)14-3/h7-9,12H,4-6H2,1-3H3/t7-,8-,9-/m0/s1. The van der Waals surface area contributed by atoms with Crippen LogP contribution in [0, 0.1) is 5.92 Å². The number of ether oxygens (including phenoxy) is 1. The molecule has 0 heterocycles. The average Bonchev–Trinajstić information content (AvgIpc) is 2.27. The molecular weight excluding hydrogens is 227 g/mol. The first kappa shape index (κ1) is 15.8. The van der Waals surface area contributed by atoms with Crippen LogP contribution in [-0.2, 0) is 13.7 Å². The molecule has 4 nitrogen and oxygen atoms in total. The van der Waals surface area contributed by atoms with Crippen molar-refractivity contribution in [2.24, 2.45) is 5.92 Å². The number of aliphatic hydroxyl groups excluding tert-OH is 1. The quantitative estimate of drug-likeness (QED) is 0.399. The van der Waals surface area contributed by atoms with Gasteiger partial charge in [0.25, 0.3) is 0 Å². The largest absolute Gasteiger partial charge is 0.469 e. The number of hydrogen-bond donors (Lipinski definition) is 1. The van der Waals surface area contributed by atoms with Crippen LogP contribution in [0.2, 0.25) is 0 Å². The van der Waals surface area contributed by atoms with Crippen LogP contribution in [0.15, 0.2) is 0 Å². The fourth-order valence-electron chi connectivity index (χ4n) is 1.28. The van der Waals surface area contributed by atoms with Crippen LogP contribution in [0.3, 0.4) is 0 Å². The van der Waals surface area contributed by atoms with Gasteiger partial charge in [-0.3, -0.25) is 4.79 Å². The van der Waals surface area contributed by atoms with E-state index in [2.05, 4.69) is 4.74 Å². The van der Waals surface area contributed by atoms with Crippen molar-refractivity contribution in [3.8, 4) is 0 Å². The van der Waals surface area contributed by atoms with E-state index in [1.165, 1.54) is 7.11 Å². The number of esters is 1. The van der Waals surface area contributed by atoms with Gasteiger partial charge in [-0.2, -0.15) is 0 Å². The van der Waals surface area contributed by atoms with Crippen molar-refractivity contribution >= 4 is 25.0 Å². The van der Waals surface area contributed by atoms with E-state index >= 15 is 0 Å². The minimum absolute atomic E-state index is 0.105. The third-order valence-electron chi connectivity index (χ3n) is 2.62. The van der Waals surface area contributed by atoms with Gasteiger partial charge in [-0.25, -0.2) is 0 Å². The molecular formula is C10H19BO4S. The molecule has 3 atom stereocenters. The topological polar surface area (TPSA) is 55.8 Å². The van der Waals surface area contributed by atoms with Crippen LogP contribution in [0.25, 0.3) is 0 Å². The lowest BCUT2D eigenvalue weighted by Gasteiger charge is -2.22. The van der Waals surface area contributed by atoms with Gasteiger partial charge >= 0.3 is 5.97 Å². The molecule has 0 saturated carbocycles. The molecule has 2 radical (unpaired) electrons. The molecule has 0 bridgehead atoms. The summed E-state index contributed by atoms with van der Waals surface area (Å²) in [7, 11) is 6.51. The van der Waals surface area contributed by atoms with E-state index in [1.807, 2.05) is 13.8 Å². The Morgan fingerprint density at radius 3 is 2.62 bits per heavy atom. The van der Waals surface area contributed by atoms with Gasteiger partial charge in [0.05, 0.1) is 25.7 Å². The average molecular weight is 246 g/mol. The highest BCUT2D eigenvalue weighted by Gasteiger charge is 2.22. The zero-order valence-electron chi connectivity index (χ0n) is 10.0. The van der Waals surface area contributed by atoms with E-state index in [1.54, 1.807) is 0 Å². The molecule has 16 heavy (non-hydrogen) atoms. The Morgan fingerprint density at radius 2 is 2.19 bits per heavy atom. The molecule has 0 aromatic rings. The molecule has 0 unspecified atom stereocenters. The van der Waals surface area contributed by atoms with Crippen LogP contribution in [0.1, 0.15) is 33.1 Å². The van der Waals surface area contributed by atoms with E-state index in [0.717, 1.165) is 6.42 Å². The van der Waals surface area contributed by atoms with Crippen LogP contribution < -0.4 is 0 Å². The summed E-state index contributed by atoms with van der Waals surface area (Å²) in [5, 5.41) is 9.82. The molecule has 0 rings (SSSR count). The van der Waals surface area contributed by atoms with Crippen LogP contribution >= 0.6 is 11.9 Å². The van der Waals surface area contributed by atoms with E-state index in [-0.39, 0.29) is 18.3 Å². The normalized spacial score (nSPS) is 16.5. The summed E-state index contributed by atoms with van der Waals surface area (Å²) >= 11 is 0.705. The molecule has 0 fully saturated rings. The minimum atomic E-state index is -0.494.